The number of carbonyl (C=O) groups excluding carboxylic acids is 2. The van der Waals surface area contributed by atoms with Crippen LogP contribution in [0.2, 0.25) is 0 Å². The van der Waals surface area contributed by atoms with Gasteiger partial charge in [-0.05, 0) is 12.8 Å². The molecule has 21 heavy (non-hydrogen) atoms. The molecule has 4 nitrogen and oxygen atoms in total. The molecule has 124 valence electrons. The number of esters is 2. The van der Waals surface area contributed by atoms with Crippen molar-refractivity contribution in [2.24, 2.45) is 0 Å². The van der Waals surface area contributed by atoms with Gasteiger partial charge in [0.05, 0.1) is 13.2 Å². The van der Waals surface area contributed by atoms with Crippen molar-refractivity contribution in [2.75, 3.05) is 13.2 Å². The maximum Gasteiger partial charge on any atom is 0.317 e. The van der Waals surface area contributed by atoms with Crippen LogP contribution in [-0.2, 0) is 19.1 Å². The van der Waals surface area contributed by atoms with Crippen LogP contribution in [0.4, 0.5) is 0 Å². The molecule has 0 N–H and O–H groups in total. The Kier molecular flexibility index (Phi) is 14.6. The van der Waals surface area contributed by atoms with Gasteiger partial charge in [-0.25, -0.2) is 0 Å². The highest BCUT2D eigenvalue weighted by atomic mass is 16.6. The highest BCUT2D eigenvalue weighted by Crippen LogP contribution is 2.04. The van der Waals surface area contributed by atoms with E-state index in [1.54, 1.807) is 0 Å². The van der Waals surface area contributed by atoms with Gasteiger partial charge in [0.15, 0.2) is 0 Å². The van der Waals surface area contributed by atoms with Crippen LogP contribution < -0.4 is 0 Å². The van der Waals surface area contributed by atoms with Crippen LogP contribution in [0.1, 0.15) is 84.5 Å². The molecule has 4 heteroatoms. The SMILES string of the molecule is CCCCCCCOC(=O)CC(=O)OCCCCCCC. The Hall–Kier alpha value is -1.06. The summed E-state index contributed by atoms with van der Waals surface area (Å²) in [6.07, 6.45) is 10.8. The lowest BCUT2D eigenvalue weighted by atomic mass is 10.2. The molecule has 0 aromatic rings. The Morgan fingerprint density at radius 1 is 0.619 bits per heavy atom. The predicted octanol–water partition coefficient (Wildman–Crippen LogP) is 4.40. The van der Waals surface area contributed by atoms with E-state index in [1.807, 2.05) is 0 Å². The van der Waals surface area contributed by atoms with Gasteiger partial charge in [-0.2, -0.15) is 0 Å². The van der Waals surface area contributed by atoms with Gasteiger partial charge in [-0.15, -0.1) is 0 Å². The topological polar surface area (TPSA) is 52.6 Å². The van der Waals surface area contributed by atoms with Gasteiger partial charge in [-0.3, -0.25) is 9.59 Å². The first kappa shape index (κ1) is 19.9. The van der Waals surface area contributed by atoms with Crippen LogP contribution in [0.15, 0.2) is 0 Å². The highest BCUT2D eigenvalue weighted by Gasteiger charge is 2.11. The summed E-state index contributed by atoms with van der Waals surface area (Å²) in [5.41, 5.74) is 0. The maximum absolute atomic E-state index is 11.4. The summed E-state index contributed by atoms with van der Waals surface area (Å²) in [7, 11) is 0. The van der Waals surface area contributed by atoms with Gasteiger partial charge < -0.3 is 9.47 Å². The minimum Gasteiger partial charge on any atom is -0.465 e. The van der Waals surface area contributed by atoms with E-state index in [4.69, 9.17) is 9.47 Å². The molecule has 0 aromatic heterocycles. The van der Waals surface area contributed by atoms with E-state index in [0.717, 1.165) is 25.7 Å². The van der Waals surface area contributed by atoms with Gasteiger partial charge in [0.2, 0.25) is 0 Å². The quantitative estimate of drug-likeness (QED) is 0.271. The Morgan fingerprint density at radius 2 is 1.00 bits per heavy atom. The van der Waals surface area contributed by atoms with E-state index in [1.165, 1.54) is 38.5 Å². The molecule has 0 saturated heterocycles. The van der Waals surface area contributed by atoms with E-state index in [0.29, 0.717) is 13.2 Å². The molecule has 0 saturated carbocycles. The molecule has 0 spiro atoms. The summed E-state index contributed by atoms with van der Waals surface area (Å²) in [6.45, 7) is 5.14. The van der Waals surface area contributed by atoms with Crippen molar-refractivity contribution < 1.29 is 19.1 Å². The Labute approximate surface area is 129 Å². The number of carbonyl (C=O) groups is 2. The molecule has 0 heterocycles. The summed E-state index contributed by atoms with van der Waals surface area (Å²) < 4.78 is 10.0. The molecule has 0 aromatic carbocycles. The summed E-state index contributed by atoms with van der Waals surface area (Å²) >= 11 is 0. The van der Waals surface area contributed by atoms with Crippen LogP contribution in [-0.4, -0.2) is 25.2 Å². The number of hydrogen-bond acceptors (Lipinski definition) is 4. The average molecular weight is 300 g/mol. The average Bonchev–Trinajstić information content (AvgIpc) is 2.46. The largest absolute Gasteiger partial charge is 0.465 e. The van der Waals surface area contributed by atoms with Crippen molar-refractivity contribution in [2.45, 2.75) is 84.5 Å². The summed E-state index contributed by atoms with van der Waals surface area (Å²) in [5, 5.41) is 0. The summed E-state index contributed by atoms with van der Waals surface area (Å²) in [4.78, 5) is 22.8. The maximum atomic E-state index is 11.4. The van der Waals surface area contributed by atoms with Gasteiger partial charge in [-0.1, -0.05) is 65.2 Å². The monoisotopic (exact) mass is 300 g/mol. The van der Waals surface area contributed by atoms with Crippen LogP contribution >= 0.6 is 0 Å². The molecule has 0 aliphatic rings. The minimum absolute atomic E-state index is 0.260. The van der Waals surface area contributed by atoms with Crippen molar-refractivity contribution in [3.8, 4) is 0 Å². The molecule has 0 aliphatic carbocycles. The zero-order valence-corrected chi connectivity index (χ0v) is 13.8. The molecule has 0 amide bonds. The molecular weight excluding hydrogens is 268 g/mol. The number of ether oxygens (including phenoxy) is 2. The van der Waals surface area contributed by atoms with Crippen LogP contribution in [0.5, 0.6) is 0 Å². The number of unbranched alkanes of at least 4 members (excludes halogenated alkanes) is 8. The second-order valence-corrected chi connectivity index (χ2v) is 5.45. The first-order valence-electron chi connectivity index (χ1n) is 8.52. The van der Waals surface area contributed by atoms with Crippen molar-refractivity contribution in [1.29, 1.82) is 0 Å². The Morgan fingerprint density at radius 3 is 1.38 bits per heavy atom. The minimum atomic E-state index is -0.471. The molecule has 0 unspecified atom stereocenters. The fourth-order valence-corrected chi connectivity index (χ4v) is 2.00. The Balaban J connectivity index is 3.38. The molecule has 0 atom stereocenters. The molecule has 0 radical (unpaired) electrons. The lowest BCUT2D eigenvalue weighted by Crippen LogP contribution is -2.15. The zero-order chi connectivity index (χ0) is 15.8. The van der Waals surface area contributed by atoms with Crippen molar-refractivity contribution in [1.82, 2.24) is 0 Å². The van der Waals surface area contributed by atoms with Crippen LogP contribution in [0, 0.1) is 0 Å². The second kappa shape index (κ2) is 15.3. The van der Waals surface area contributed by atoms with E-state index in [9.17, 15) is 9.59 Å². The fraction of sp³-hybridized carbons (Fsp3) is 0.882. The third-order valence-corrected chi connectivity index (χ3v) is 3.31. The molecule has 0 aliphatic heterocycles. The number of hydrogen-bond donors (Lipinski definition) is 0. The molecular formula is C17H32O4. The van der Waals surface area contributed by atoms with Gasteiger partial charge in [0, 0.05) is 0 Å². The van der Waals surface area contributed by atoms with E-state index in [-0.39, 0.29) is 6.42 Å². The molecule has 0 fully saturated rings. The zero-order valence-electron chi connectivity index (χ0n) is 13.8. The third kappa shape index (κ3) is 15.2. The van der Waals surface area contributed by atoms with E-state index in [2.05, 4.69) is 13.8 Å². The highest BCUT2D eigenvalue weighted by molar-refractivity contribution is 5.91. The van der Waals surface area contributed by atoms with Crippen LogP contribution in [0.3, 0.4) is 0 Å². The van der Waals surface area contributed by atoms with E-state index < -0.39 is 11.9 Å². The van der Waals surface area contributed by atoms with Gasteiger partial charge in [0.1, 0.15) is 6.42 Å². The van der Waals surface area contributed by atoms with Gasteiger partial charge >= 0.3 is 11.9 Å². The third-order valence-electron chi connectivity index (χ3n) is 3.31. The second-order valence-electron chi connectivity index (χ2n) is 5.45. The molecule has 0 bridgehead atoms. The van der Waals surface area contributed by atoms with Crippen molar-refractivity contribution in [3.05, 3.63) is 0 Å². The smallest absolute Gasteiger partial charge is 0.317 e. The van der Waals surface area contributed by atoms with E-state index >= 15 is 0 Å². The molecule has 0 rings (SSSR count). The van der Waals surface area contributed by atoms with Crippen molar-refractivity contribution >= 4 is 11.9 Å². The fourth-order valence-electron chi connectivity index (χ4n) is 2.00. The summed E-state index contributed by atoms with van der Waals surface area (Å²) in [6, 6.07) is 0. The number of rotatable bonds is 14. The van der Waals surface area contributed by atoms with Gasteiger partial charge in [0.25, 0.3) is 0 Å². The standard InChI is InChI=1S/C17H32O4/c1-3-5-7-9-11-13-20-16(18)15-17(19)21-14-12-10-8-6-4-2/h3-15H2,1-2H3. The van der Waals surface area contributed by atoms with Crippen LogP contribution in [0.25, 0.3) is 0 Å². The lowest BCUT2D eigenvalue weighted by molar-refractivity contribution is -0.154. The summed E-state index contributed by atoms with van der Waals surface area (Å²) in [5.74, 6) is -0.942. The first-order chi connectivity index (χ1) is 10.2. The Bertz CT molecular complexity index is 238. The predicted molar refractivity (Wildman–Crippen MR) is 84.1 cm³/mol. The lowest BCUT2D eigenvalue weighted by Gasteiger charge is -2.06. The van der Waals surface area contributed by atoms with Crippen molar-refractivity contribution in [3.63, 3.8) is 0 Å². The normalized spacial score (nSPS) is 10.4. The first-order valence-corrected chi connectivity index (χ1v) is 8.52.